The quantitative estimate of drug-likeness (QED) is 0.676. The highest BCUT2D eigenvalue weighted by molar-refractivity contribution is 5.66. The zero-order valence-corrected chi connectivity index (χ0v) is 10.9. The zero-order valence-electron chi connectivity index (χ0n) is 10.9. The normalized spacial score (nSPS) is 11.2. The fourth-order valence-corrected chi connectivity index (χ4v) is 1.57. The molecular weight excluding hydrogens is 255 g/mol. The lowest BCUT2D eigenvalue weighted by Crippen LogP contribution is -2.44. The van der Waals surface area contributed by atoms with E-state index in [2.05, 4.69) is 0 Å². The largest absolute Gasteiger partial charge is 0.465 e. The molecular formula is C12H15FN2O4. The van der Waals surface area contributed by atoms with Crippen LogP contribution >= 0.6 is 0 Å². The van der Waals surface area contributed by atoms with Gasteiger partial charge >= 0.3 is 11.8 Å². The molecule has 1 rings (SSSR count). The van der Waals surface area contributed by atoms with Crippen LogP contribution in [0.4, 0.5) is 14.9 Å². The fraction of sp³-hybridized carbons (Fsp3) is 0.417. The smallest absolute Gasteiger partial charge is 0.408 e. The standard InChI is InChI=1S/C12H15FN2O4/c1-12(2,3)14(11(16)17)7-8-4-5-9(13)10(6-8)15(18)19/h4-6H,7H2,1-3H3,(H,16,17). The lowest BCUT2D eigenvalue weighted by Gasteiger charge is -2.33. The number of halogens is 1. The Hall–Kier alpha value is -2.18. The van der Waals surface area contributed by atoms with E-state index in [4.69, 9.17) is 5.11 Å². The van der Waals surface area contributed by atoms with Gasteiger partial charge in [-0.05, 0) is 32.4 Å². The van der Waals surface area contributed by atoms with Crippen molar-refractivity contribution in [2.45, 2.75) is 32.9 Å². The van der Waals surface area contributed by atoms with Gasteiger partial charge in [0, 0.05) is 18.2 Å². The number of nitrogens with zero attached hydrogens (tertiary/aromatic N) is 2. The maximum atomic E-state index is 13.2. The molecule has 1 amide bonds. The van der Waals surface area contributed by atoms with Gasteiger partial charge in [0.05, 0.1) is 4.92 Å². The highest BCUT2D eigenvalue weighted by atomic mass is 19.1. The van der Waals surface area contributed by atoms with Crippen LogP contribution in [0.2, 0.25) is 0 Å². The Balaban J connectivity index is 3.08. The Morgan fingerprint density at radius 2 is 2.05 bits per heavy atom. The monoisotopic (exact) mass is 270 g/mol. The lowest BCUT2D eigenvalue weighted by atomic mass is 10.1. The van der Waals surface area contributed by atoms with Crippen molar-refractivity contribution in [2.75, 3.05) is 0 Å². The third-order valence-corrected chi connectivity index (χ3v) is 2.59. The first-order chi connectivity index (χ1) is 8.62. The number of carbonyl (C=O) groups is 1. The second-order valence-electron chi connectivity index (χ2n) is 5.08. The summed E-state index contributed by atoms with van der Waals surface area (Å²) in [5.74, 6) is -0.939. The predicted octanol–water partition coefficient (Wildman–Crippen LogP) is 3.01. The summed E-state index contributed by atoms with van der Waals surface area (Å²) in [5, 5.41) is 19.7. The van der Waals surface area contributed by atoms with Gasteiger partial charge in [-0.1, -0.05) is 6.07 Å². The van der Waals surface area contributed by atoms with E-state index in [1.165, 1.54) is 6.07 Å². The first-order valence-electron chi connectivity index (χ1n) is 5.56. The van der Waals surface area contributed by atoms with E-state index in [1.54, 1.807) is 20.8 Å². The van der Waals surface area contributed by atoms with Crippen molar-refractivity contribution < 1.29 is 19.2 Å². The Bertz CT molecular complexity index is 511. The van der Waals surface area contributed by atoms with Gasteiger partial charge in [-0.3, -0.25) is 15.0 Å². The summed E-state index contributed by atoms with van der Waals surface area (Å²) in [4.78, 5) is 22.1. The highest BCUT2D eigenvalue weighted by Gasteiger charge is 2.27. The number of carboxylic acid groups (broad SMARTS) is 1. The summed E-state index contributed by atoms with van der Waals surface area (Å²) in [5.41, 5.74) is -0.947. The molecule has 1 aromatic carbocycles. The molecule has 19 heavy (non-hydrogen) atoms. The number of hydrogen-bond donors (Lipinski definition) is 1. The van der Waals surface area contributed by atoms with Crippen LogP contribution in [0.3, 0.4) is 0 Å². The van der Waals surface area contributed by atoms with Gasteiger partial charge in [0.1, 0.15) is 0 Å². The van der Waals surface area contributed by atoms with E-state index in [1.807, 2.05) is 0 Å². The third-order valence-electron chi connectivity index (χ3n) is 2.59. The molecule has 6 nitrogen and oxygen atoms in total. The van der Waals surface area contributed by atoms with Crippen molar-refractivity contribution >= 4 is 11.8 Å². The maximum absolute atomic E-state index is 13.2. The number of benzene rings is 1. The van der Waals surface area contributed by atoms with Gasteiger partial charge in [-0.25, -0.2) is 4.79 Å². The van der Waals surface area contributed by atoms with Crippen LogP contribution in [0.25, 0.3) is 0 Å². The molecule has 0 saturated heterocycles. The van der Waals surface area contributed by atoms with Crippen LogP contribution in [0, 0.1) is 15.9 Å². The molecule has 0 fully saturated rings. The predicted molar refractivity (Wildman–Crippen MR) is 66.4 cm³/mol. The summed E-state index contributed by atoms with van der Waals surface area (Å²) in [6.45, 7) is 5.08. The molecule has 104 valence electrons. The van der Waals surface area contributed by atoms with Gasteiger partial charge in [0.25, 0.3) is 0 Å². The molecule has 0 aliphatic rings. The third kappa shape index (κ3) is 3.64. The molecule has 1 N–H and O–H groups in total. The zero-order chi connectivity index (χ0) is 14.8. The minimum absolute atomic E-state index is 0.0417. The average Bonchev–Trinajstić information content (AvgIpc) is 2.25. The SMILES string of the molecule is CC(C)(C)N(Cc1ccc(F)c([N+](=O)[O-])c1)C(=O)O. The molecule has 0 saturated carbocycles. The van der Waals surface area contributed by atoms with Crippen molar-refractivity contribution in [3.05, 3.63) is 39.7 Å². The average molecular weight is 270 g/mol. The molecule has 1 aromatic rings. The van der Waals surface area contributed by atoms with Crippen LogP contribution in [0.15, 0.2) is 18.2 Å². The molecule has 0 unspecified atom stereocenters. The molecule has 0 spiro atoms. The minimum atomic E-state index is -1.14. The summed E-state index contributed by atoms with van der Waals surface area (Å²) < 4.78 is 13.2. The van der Waals surface area contributed by atoms with Gasteiger partial charge in [-0.2, -0.15) is 4.39 Å². The van der Waals surface area contributed by atoms with Gasteiger partial charge < -0.3 is 5.11 Å². The Labute approximate surface area is 109 Å². The van der Waals surface area contributed by atoms with Crippen molar-refractivity contribution in [1.29, 1.82) is 0 Å². The molecule has 0 aromatic heterocycles. The Morgan fingerprint density at radius 3 is 2.47 bits per heavy atom. The number of nitro benzene ring substituents is 1. The van der Waals surface area contributed by atoms with Crippen LogP contribution in [0.1, 0.15) is 26.3 Å². The molecule has 0 bridgehead atoms. The Kier molecular flexibility index (Phi) is 4.08. The molecule has 0 aliphatic heterocycles. The van der Waals surface area contributed by atoms with E-state index < -0.39 is 28.1 Å². The van der Waals surface area contributed by atoms with Crippen molar-refractivity contribution in [3.63, 3.8) is 0 Å². The Morgan fingerprint density at radius 1 is 1.47 bits per heavy atom. The topological polar surface area (TPSA) is 83.7 Å². The van der Waals surface area contributed by atoms with Crippen molar-refractivity contribution in [1.82, 2.24) is 4.90 Å². The summed E-state index contributed by atoms with van der Waals surface area (Å²) in [7, 11) is 0. The maximum Gasteiger partial charge on any atom is 0.408 e. The molecule has 7 heteroatoms. The van der Waals surface area contributed by atoms with E-state index >= 15 is 0 Å². The van der Waals surface area contributed by atoms with Crippen LogP contribution < -0.4 is 0 Å². The van der Waals surface area contributed by atoms with Crippen molar-refractivity contribution in [2.24, 2.45) is 0 Å². The highest BCUT2D eigenvalue weighted by Crippen LogP contribution is 2.22. The molecule has 0 aliphatic carbocycles. The number of nitro groups is 1. The van der Waals surface area contributed by atoms with E-state index in [0.717, 1.165) is 17.0 Å². The first-order valence-corrected chi connectivity index (χ1v) is 5.56. The van der Waals surface area contributed by atoms with Crippen LogP contribution in [-0.2, 0) is 6.54 Å². The number of amides is 1. The molecule has 0 heterocycles. The number of hydrogen-bond acceptors (Lipinski definition) is 3. The first kappa shape index (κ1) is 14.9. The van der Waals surface area contributed by atoms with Crippen molar-refractivity contribution in [3.8, 4) is 0 Å². The second-order valence-corrected chi connectivity index (χ2v) is 5.08. The summed E-state index contributed by atoms with van der Waals surface area (Å²) in [6, 6.07) is 3.36. The van der Waals surface area contributed by atoms with Crippen LogP contribution in [0.5, 0.6) is 0 Å². The van der Waals surface area contributed by atoms with Crippen LogP contribution in [-0.4, -0.2) is 26.6 Å². The molecule has 0 atom stereocenters. The number of rotatable bonds is 3. The minimum Gasteiger partial charge on any atom is -0.465 e. The van der Waals surface area contributed by atoms with Gasteiger partial charge in [0.15, 0.2) is 0 Å². The lowest BCUT2D eigenvalue weighted by molar-refractivity contribution is -0.387. The summed E-state index contributed by atoms with van der Waals surface area (Å²) >= 11 is 0. The van der Waals surface area contributed by atoms with E-state index in [0.29, 0.717) is 5.56 Å². The fourth-order valence-electron chi connectivity index (χ4n) is 1.57. The second kappa shape index (κ2) is 5.21. The van der Waals surface area contributed by atoms with Gasteiger partial charge in [-0.15, -0.1) is 0 Å². The molecule has 0 radical (unpaired) electrons. The van der Waals surface area contributed by atoms with Gasteiger partial charge in [0.2, 0.25) is 5.82 Å². The van der Waals surface area contributed by atoms with E-state index in [-0.39, 0.29) is 6.54 Å². The summed E-state index contributed by atoms with van der Waals surface area (Å²) in [6.07, 6.45) is -1.14. The van der Waals surface area contributed by atoms with E-state index in [9.17, 15) is 19.3 Å².